The minimum absolute atomic E-state index is 0.255. The molecule has 0 bridgehead atoms. The molecule has 122 valence electrons. The van der Waals surface area contributed by atoms with Gasteiger partial charge in [-0.15, -0.1) is 0 Å². The van der Waals surface area contributed by atoms with Gasteiger partial charge in [-0.2, -0.15) is 0 Å². The van der Waals surface area contributed by atoms with Crippen LogP contribution in [-0.4, -0.2) is 42.8 Å². The van der Waals surface area contributed by atoms with Gasteiger partial charge in [0.15, 0.2) is 12.4 Å². The second-order valence-electron chi connectivity index (χ2n) is 4.42. The number of halogens is 2. The van der Waals surface area contributed by atoms with E-state index in [1.54, 1.807) is 18.2 Å². The predicted octanol–water partition coefficient (Wildman–Crippen LogP) is 3.32. The molecule has 2 rings (SSSR count). The first-order valence-electron chi connectivity index (χ1n) is 6.23. The summed E-state index contributed by atoms with van der Waals surface area (Å²) < 4.78 is 10.3. The third-order valence-electron chi connectivity index (χ3n) is 2.87. The van der Waals surface area contributed by atoms with Crippen LogP contribution in [0.15, 0.2) is 21.5 Å². The molecular formula is C14H11BrClNO5S. The van der Waals surface area contributed by atoms with Gasteiger partial charge in [-0.25, -0.2) is 4.79 Å². The predicted molar refractivity (Wildman–Crippen MR) is 90.4 cm³/mol. The van der Waals surface area contributed by atoms with Gasteiger partial charge in [0.2, 0.25) is 0 Å². The van der Waals surface area contributed by atoms with E-state index in [1.165, 1.54) is 14.2 Å². The Balaban J connectivity index is 2.25. The average molecular weight is 421 g/mol. The van der Waals surface area contributed by atoms with Crippen molar-refractivity contribution in [1.29, 1.82) is 0 Å². The number of ether oxygens (including phenoxy) is 2. The molecule has 1 aliphatic rings. The third-order valence-corrected chi connectivity index (χ3v) is 4.70. The third kappa shape index (κ3) is 4.07. The van der Waals surface area contributed by atoms with Crippen molar-refractivity contribution in [3.63, 3.8) is 0 Å². The molecule has 1 aromatic rings. The van der Waals surface area contributed by atoms with Gasteiger partial charge in [-0.1, -0.05) is 11.6 Å². The Morgan fingerprint density at radius 3 is 2.65 bits per heavy atom. The van der Waals surface area contributed by atoms with Crippen LogP contribution < -0.4 is 4.74 Å². The zero-order chi connectivity index (χ0) is 17.1. The van der Waals surface area contributed by atoms with E-state index in [1.807, 2.05) is 0 Å². The largest absolute Gasteiger partial charge is 0.479 e. The lowest BCUT2D eigenvalue weighted by atomic mass is 10.2. The maximum absolute atomic E-state index is 11.9. The van der Waals surface area contributed by atoms with Crippen LogP contribution in [0.3, 0.4) is 0 Å². The number of amides is 2. The maximum Gasteiger partial charge on any atom is 0.343 e. The number of nitrogens with zero attached hydrogens (tertiary/aromatic N) is 1. The lowest BCUT2D eigenvalue weighted by Gasteiger charge is -2.10. The molecule has 0 saturated carbocycles. The molecule has 0 aromatic heterocycles. The number of rotatable bonds is 4. The fourth-order valence-corrected chi connectivity index (χ4v) is 3.50. The number of benzene rings is 1. The Hall–Kier alpha value is -1.51. The molecule has 9 heteroatoms. The van der Waals surface area contributed by atoms with Crippen molar-refractivity contribution in [3.05, 3.63) is 32.1 Å². The van der Waals surface area contributed by atoms with Gasteiger partial charge in [-0.3, -0.25) is 14.5 Å². The van der Waals surface area contributed by atoms with Gasteiger partial charge < -0.3 is 9.47 Å². The van der Waals surface area contributed by atoms with Crippen LogP contribution in [0.2, 0.25) is 5.02 Å². The number of likely N-dealkylation sites (N-methyl/N-ethyl adjacent to an activating group) is 1. The Morgan fingerprint density at radius 1 is 1.43 bits per heavy atom. The zero-order valence-electron chi connectivity index (χ0n) is 12.1. The molecular weight excluding hydrogens is 410 g/mol. The highest BCUT2D eigenvalue weighted by Crippen LogP contribution is 2.37. The van der Waals surface area contributed by atoms with Gasteiger partial charge >= 0.3 is 5.97 Å². The summed E-state index contributed by atoms with van der Waals surface area (Å²) in [5.41, 5.74) is 0.617. The molecule has 0 atom stereocenters. The van der Waals surface area contributed by atoms with E-state index in [4.69, 9.17) is 16.3 Å². The number of carbonyl (C=O) groups is 3. The van der Waals surface area contributed by atoms with Crippen LogP contribution in [0.4, 0.5) is 4.79 Å². The van der Waals surface area contributed by atoms with E-state index < -0.39 is 5.97 Å². The summed E-state index contributed by atoms with van der Waals surface area (Å²) in [6.45, 7) is -0.275. The highest BCUT2D eigenvalue weighted by atomic mass is 79.9. The number of hydrogen-bond acceptors (Lipinski definition) is 6. The van der Waals surface area contributed by atoms with Gasteiger partial charge in [0, 0.05) is 7.05 Å². The Labute approximate surface area is 149 Å². The molecule has 0 unspecified atom stereocenters. The fourth-order valence-electron chi connectivity index (χ4n) is 1.69. The van der Waals surface area contributed by atoms with Gasteiger partial charge in [0.1, 0.15) is 0 Å². The molecule has 1 saturated heterocycles. The molecule has 23 heavy (non-hydrogen) atoms. The number of imide groups is 1. The van der Waals surface area contributed by atoms with E-state index in [-0.39, 0.29) is 28.5 Å². The molecule has 0 radical (unpaired) electrons. The molecule has 1 heterocycles. The lowest BCUT2D eigenvalue weighted by Crippen LogP contribution is -2.22. The second kappa shape index (κ2) is 7.37. The number of esters is 1. The van der Waals surface area contributed by atoms with E-state index in [0.29, 0.717) is 14.9 Å². The second-order valence-corrected chi connectivity index (χ2v) is 6.67. The Kier molecular flexibility index (Phi) is 5.72. The minimum Gasteiger partial charge on any atom is -0.479 e. The van der Waals surface area contributed by atoms with E-state index >= 15 is 0 Å². The number of carbonyl (C=O) groups excluding carboxylic acids is 3. The molecule has 0 N–H and O–H groups in total. The molecule has 1 aromatic carbocycles. The van der Waals surface area contributed by atoms with Crippen LogP contribution in [0.5, 0.6) is 5.75 Å². The summed E-state index contributed by atoms with van der Waals surface area (Å²) in [5, 5.41) is -0.0744. The van der Waals surface area contributed by atoms with Gasteiger partial charge in [0.05, 0.1) is 21.5 Å². The zero-order valence-corrected chi connectivity index (χ0v) is 15.3. The van der Waals surface area contributed by atoms with Gasteiger partial charge in [-0.05, 0) is 51.5 Å². The highest BCUT2D eigenvalue weighted by molar-refractivity contribution is 9.10. The summed E-state index contributed by atoms with van der Waals surface area (Å²) in [6.07, 6.45) is 1.56. The number of thioether (sulfide) groups is 1. The van der Waals surface area contributed by atoms with Crippen molar-refractivity contribution >= 4 is 62.5 Å². The summed E-state index contributed by atoms with van der Waals surface area (Å²) >= 11 is 10.3. The Morgan fingerprint density at radius 2 is 2.13 bits per heavy atom. The van der Waals surface area contributed by atoms with Crippen LogP contribution in [0.25, 0.3) is 6.08 Å². The molecule has 0 spiro atoms. The quantitative estimate of drug-likeness (QED) is 0.549. The van der Waals surface area contributed by atoms with Crippen molar-refractivity contribution in [2.75, 3.05) is 20.8 Å². The highest BCUT2D eigenvalue weighted by Gasteiger charge is 2.31. The molecule has 2 amide bonds. The van der Waals surface area contributed by atoms with E-state index in [9.17, 15) is 14.4 Å². The monoisotopic (exact) mass is 419 g/mol. The normalized spacial score (nSPS) is 16.2. The summed E-state index contributed by atoms with van der Waals surface area (Å²) in [6, 6.07) is 3.24. The van der Waals surface area contributed by atoms with Crippen LogP contribution in [0, 0.1) is 0 Å². The number of methoxy groups -OCH3 is 1. The minimum atomic E-state index is -0.534. The lowest BCUT2D eigenvalue weighted by molar-refractivity contribution is -0.142. The first kappa shape index (κ1) is 17.8. The molecule has 1 aliphatic heterocycles. The van der Waals surface area contributed by atoms with E-state index in [2.05, 4.69) is 20.7 Å². The average Bonchev–Trinajstić information content (AvgIpc) is 2.73. The molecule has 0 aliphatic carbocycles. The standard InChI is InChI=1S/C14H11BrClNO5S/c1-17-13(19)10(23-14(17)20)5-7-3-8(15)12(9(16)4-7)22-6-11(18)21-2/h3-5H,6H2,1-2H3/b10-5-. The number of hydrogen-bond donors (Lipinski definition) is 0. The maximum atomic E-state index is 11.9. The van der Waals surface area contributed by atoms with Crippen molar-refractivity contribution in [1.82, 2.24) is 4.90 Å². The Bertz CT molecular complexity index is 698. The molecule has 6 nitrogen and oxygen atoms in total. The SMILES string of the molecule is COC(=O)COc1c(Cl)cc(/C=C2\SC(=O)N(C)C2=O)cc1Br. The van der Waals surface area contributed by atoms with Gasteiger partial charge in [0.25, 0.3) is 11.1 Å². The van der Waals surface area contributed by atoms with Crippen molar-refractivity contribution in [3.8, 4) is 5.75 Å². The smallest absolute Gasteiger partial charge is 0.343 e. The first-order chi connectivity index (χ1) is 10.8. The van der Waals surface area contributed by atoms with Crippen molar-refractivity contribution in [2.24, 2.45) is 0 Å². The summed E-state index contributed by atoms with van der Waals surface area (Å²) in [7, 11) is 2.68. The van der Waals surface area contributed by atoms with E-state index in [0.717, 1.165) is 16.7 Å². The molecule has 1 fully saturated rings. The van der Waals surface area contributed by atoms with Crippen LogP contribution in [0.1, 0.15) is 5.56 Å². The van der Waals surface area contributed by atoms with Crippen molar-refractivity contribution < 1.29 is 23.9 Å². The summed E-state index contributed by atoms with van der Waals surface area (Å²) in [4.78, 5) is 35.8. The van der Waals surface area contributed by atoms with Crippen LogP contribution in [-0.2, 0) is 14.3 Å². The summed E-state index contributed by atoms with van der Waals surface area (Å²) in [5.74, 6) is -0.607. The first-order valence-corrected chi connectivity index (χ1v) is 8.22. The fraction of sp³-hybridized carbons (Fsp3) is 0.214. The topological polar surface area (TPSA) is 72.9 Å². The van der Waals surface area contributed by atoms with Crippen molar-refractivity contribution in [2.45, 2.75) is 0 Å². The van der Waals surface area contributed by atoms with Crippen LogP contribution >= 0.6 is 39.3 Å².